The van der Waals surface area contributed by atoms with E-state index in [1.54, 1.807) is 0 Å². The maximum atomic E-state index is 13.4. The van der Waals surface area contributed by atoms with Gasteiger partial charge in [-0.25, -0.2) is 8.78 Å². The van der Waals surface area contributed by atoms with E-state index in [1.807, 2.05) is 0 Å². The SMILES string of the molecule is CCCC(CBr)COc1c(F)cc(F)cc1Br. The molecule has 0 amide bonds. The fraction of sp³-hybridized carbons (Fsp3) is 0.500. The van der Waals surface area contributed by atoms with Crippen LogP contribution in [-0.4, -0.2) is 11.9 Å². The lowest BCUT2D eigenvalue weighted by Crippen LogP contribution is -2.14. The van der Waals surface area contributed by atoms with Crippen LogP contribution in [0.15, 0.2) is 16.6 Å². The van der Waals surface area contributed by atoms with Crippen molar-refractivity contribution in [2.45, 2.75) is 19.8 Å². The van der Waals surface area contributed by atoms with Crippen LogP contribution in [0, 0.1) is 17.6 Å². The second-order valence-corrected chi connectivity index (χ2v) is 5.32. The molecule has 96 valence electrons. The summed E-state index contributed by atoms with van der Waals surface area (Å²) in [5.74, 6) is -0.890. The van der Waals surface area contributed by atoms with Crippen LogP contribution >= 0.6 is 31.9 Å². The Morgan fingerprint density at radius 3 is 2.59 bits per heavy atom. The predicted octanol–water partition coefficient (Wildman–Crippen LogP) is 4.92. The summed E-state index contributed by atoms with van der Waals surface area (Å²) in [5, 5.41) is 0.807. The highest BCUT2D eigenvalue weighted by Crippen LogP contribution is 2.30. The lowest BCUT2D eigenvalue weighted by Gasteiger charge is -2.15. The van der Waals surface area contributed by atoms with E-state index in [1.165, 1.54) is 6.07 Å². The van der Waals surface area contributed by atoms with Gasteiger partial charge in [0.2, 0.25) is 0 Å². The molecule has 0 aromatic heterocycles. The van der Waals surface area contributed by atoms with Gasteiger partial charge in [0.05, 0.1) is 11.1 Å². The maximum absolute atomic E-state index is 13.4. The summed E-state index contributed by atoms with van der Waals surface area (Å²) in [6.45, 7) is 2.50. The Hall–Kier alpha value is -0.160. The highest BCUT2D eigenvalue weighted by Gasteiger charge is 2.13. The Bertz CT molecular complexity index is 349. The van der Waals surface area contributed by atoms with Gasteiger partial charge in [0.15, 0.2) is 11.6 Å². The minimum Gasteiger partial charge on any atom is -0.489 e. The Morgan fingerprint density at radius 2 is 2.06 bits per heavy atom. The number of benzene rings is 1. The van der Waals surface area contributed by atoms with Crippen molar-refractivity contribution in [2.75, 3.05) is 11.9 Å². The summed E-state index contributed by atoms with van der Waals surface area (Å²) < 4.78 is 32.0. The Morgan fingerprint density at radius 1 is 1.35 bits per heavy atom. The summed E-state index contributed by atoms with van der Waals surface area (Å²) in [5.41, 5.74) is 0. The zero-order valence-corrected chi connectivity index (χ0v) is 12.7. The number of halogens is 4. The lowest BCUT2D eigenvalue weighted by molar-refractivity contribution is 0.243. The number of rotatable bonds is 6. The van der Waals surface area contributed by atoms with Crippen molar-refractivity contribution < 1.29 is 13.5 Å². The second kappa shape index (κ2) is 7.31. The van der Waals surface area contributed by atoms with E-state index in [-0.39, 0.29) is 5.75 Å². The standard InChI is InChI=1S/C12H14Br2F2O/c1-2-3-8(6-13)7-17-12-10(14)4-9(15)5-11(12)16/h4-5,8H,2-3,6-7H2,1H3. The lowest BCUT2D eigenvalue weighted by atomic mass is 10.1. The maximum Gasteiger partial charge on any atom is 0.169 e. The van der Waals surface area contributed by atoms with E-state index in [4.69, 9.17) is 4.74 Å². The molecule has 0 aliphatic rings. The summed E-state index contributed by atoms with van der Waals surface area (Å²) in [6, 6.07) is 2.02. The Labute approximate surface area is 117 Å². The van der Waals surface area contributed by atoms with Gasteiger partial charge in [0.25, 0.3) is 0 Å². The molecule has 0 N–H and O–H groups in total. The van der Waals surface area contributed by atoms with E-state index >= 15 is 0 Å². The topological polar surface area (TPSA) is 9.23 Å². The van der Waals surface area contributed by atoms with E-state index in [2.05, 4.69) is 38.8 Å². The highest BCUT2D eigenvalue weighted by atomic mass is 79.9. The van der Waals surface area contributed by atoms with E-state index < -0.39 is 11.6 Å². The van der Waals surface area contributed by atoms with Crippen molar-refractivity contribution >= 4 is 31.9 Å². The van der Waals surface area contributed by atoms with Crippen molar-refractivity contribution in [3.05, 3.63) is 28.2 Å². The fourth-order valence-electron chi connectivity index (χ4n) is 1.48. The van der Waals surface area contributed by atoms with Gasteiger partial charge in [-0.3, -0.25) is 0 Å². The third-order valence-electron chi connectivity index (χ3n) is 2.34. The average Bonchev–Trinajstić information content (AvgIpc) is 2.26. The molecule has 0 radical (unpaired) electrons. The van der Waals surface area contributed by atoms with Crippen molar-refractivity contribution in [3.8, 4) is 5.75 Å². The van der Waals surface area contributed by atoms with Crippen LogP contribution in [0.25, 0.3) is 0 Å². The van der Waals surface area contributed by atoms with E-state index in [0.717, 1.165) is 24.2 Å². The molecule has 0 fully saturated rings. The van der Waals surface area contributed by atoms with Gasteiger partial charge in [0.1, 0.15) is 5.82 Å². The average molecular weight is 372 g/mol. The summed E-state index contributed by atoms with van der Waals surface area (Å²) >= 11 is 6.49. The van der Waals surface area contributed by atoms with Crippen LogP contribution in [0.2, 0.25) is 0 Å². The molecule has 1 aromatic carbocycles. The van der Waals surface area contributed by atoms with Crippen LogP contribution in [0.1, 0.15) is 19.8 Å². The quantitative estimate of drug-likeness (QED) is 0.645. The third kappa shape index (κ3) is 4.54. The number of alkyl halides is 1. The molecule has 1 unspecified atom stereocenters. The number of hydrogen-bond donors (Lipinski definition) is 0. The monoisotopic (exact) mass is 370 g/mol. The molecule has 1 nitrogen and oxygen atoms in total. The van der Waals surface area contributed by atoms with E-state index in [0.29, 0.717) is 17.0 Å². The molecule has 1 atom stereocenters. The summed E-state index contributed by atoms with van der Waals surface area (Å²) in [6.07, 6.45) is 2.05. The van der Waals surface area contributed by atoms with Gasteiger partial charge in [-0.05, 0) is 28.4 Å². The first kappa shape index (κ1) is 14.9. The molecule has 0 bridgehead atoms. The third-order valence-corrected chi connectivity index (χ3v) is 3.85. The molecule has 1 rings (SSSR count). The first-order valence-electron chi connectivity index (χ1n) is 5.41. The van der Waals surface area contributed by atoms with Crippen molar-refractivity contribution in [1.29, 1.82) is 0 Å². The molecule has 0 aliphatic heterocycles. The first-order valence-corrected chi connectivity index (χ1v) is 7.33. The molecule has 1 aromatic rings. The highest BCUT2D eigenvalue weighted by molar-refractivity contribution is 9.10. The second-order valence-electron chi connectivity index (χ2n) is 3.82. The fourth-order valence-corrected chi connectivity index (χ4v) is 2.51. The van der Waals surface area contributed by atoms with Gasteiger partial charge in [-0.2, -0.15) is 0 Å². The largest absolute Gasteiger partial charge is 0.489 e. The molecule has 0 saturated heterocycles. The van der Waals surface area contributed by atoms with Gasteiger partial charge in [-0.1, -0.05) is 29.3 Å². The normalized spacial score (nSPS) is 12.5. The molecule has 17 heavy (non-hydrogen) atoms. The summed E-state index contributed by atoms with van der Waals surface area (Å²) in [7, 11) is 0. The predicted molar refractivity (Wildman–Crippen MR) is 71.7 cm³/mol. The van der Waals surface area contributed by atoms with Crippen LogP contribution < -0.4 is 4.74 Å². The molecular formula is C12H14Br2F2O. The zero-order valence-electron chi connectivity index (χ0n) is 9.48. The molecule has 0 saturated carbocycles. The minimum atomic E-state index is -0.679. The van der Waals surface area contributed by atoms with Gasteiger partial charge < -0.3 is 4.74 Å². The number of hydrogen-bond acceptors (Lipinski definition) is 1. The van der Waals surface area contributed by atoms with Crippen molar-refractivity contribution in [3.63, 3.8) is 0 Å². The molecule has 0 spiro atoms. The van der Waals surface area contributed by atoms with Crippen LogP contribution in [0.5, 0.6) is 5.75 Å². The molecular weight excluding hydrogens is 358 g/mol. The van der Waals surface area contributed by atoms with Gasteiger partial charge in [0, 0.05) is 17.3 Å². The van der Waals surface area contributed by atoms with Crippen molar-refractivity contribution in [2.24, 2.45) is 5.92 Å². The Balaban J connectivity index is 2.68. The van der Waals surface area contributed by atoms with Crippen LogP contribution in [0.3, 0.4) is 0 Å². The summed E-state index contributed by atoms with van der Waals surface area (Å²) in [4.78, 5) is 0. The van der Waals surface area contributed by atoms with E-state index in [9.17, 15) is 8.78 Å². The van der Waals surface area contributed by atoms with Gasteiger partial charge >= 0.3 is 0 Å². The Kier molecular flexibility index (Phi) is 6.41. The molecule has 5 heteroatoms. The molecule has 0 heterocycles. The van der Waals surface area contributed by atoms with Crippen molar-refractivity contribution in [1.82, 2.24) is 0 Å². The zero-order chi connectivity index (χ0) is 12.8. The van der Waals surface area contributed by atoms with Crippen LogP contribution in [0.4, 0.5) is 8.78 Å². The minimum absolute atomic E-state index is 0.0773. The molecule has 0 aliphatic carbocycles. The number of ether oxygens (including phenoxy) is 1. The first-order chi connectivity index (χ1) is 8.08. The smallest absolute Gasteiger partial charge is 0.169 e. The van der Waals surface area contributed by atoms with Crippen LogP contribution in [-0.2, 0) is 0 Å². The van der Waals surface area contributed by atoms with Gasteiger partial charge in [-0.15, -0.1) is 0 Å².